The van der Waals surface area contributed by atoms with Gasteiger partial charge in [0.25, 0.3) is 0 Å². The molecule has 0 aliphatic rings. The highest BCUT2D eigenvalue weighted by Crippen LogP contribution is 2.19. The van der Waals surface area contributed by atoms with Gasteiger partial charge < -0.3 is 14.6 Å². The molecule has 4 nitrogen and oxygen atoms in total. The van der Waals surface area contributed by atoms with Gasteiger partial charge in [0.15, 0.2) is 0 Å². The fourth-order valence-electron chi connectivity index (χ4n) is 3.16. The van der Waals surface area contributed by atoms with E-state index in [0.29, 0.717) is 26.0 Å². The SMILES string of the molecule is CCOc1ccccc1CCC(=O)NCCCn1ccc2ccccc21. The fraction of sp³-hybridized carbons (Fsp3) is 0.318. The number of aryl methyl sites for hydroxylation is 2. The van der Waals surface area contributed by atoms with Gasteiger partial charge in [-0.15, -0.1) is 0 Å². The first-order valence-electron chi connectivity index (χ1n) is 9.29. The minimum absolute atomic E-state index is 0.0914. The summed E-state index contributed by atoms with van der Waals surface area (Å²) in [5, 5.41) is 4.28. The highest BCUT2D eigenvalue weighted by molar-refractivity contribution is 5.79. The lowest BCUT2D eigenvalue weighted by Crippen LogP contribution is -2.25. The molecule has 1 N–H and O–H groups in total. The number of para-hydroxylation sites is 2. The Morgan fingerprint density at radius 3 is 2.77 bits per heavy atom. The van der Waals surface area contributed by atoms with Crippen LogP contribution in [-0.2, 0) is 17.8 Å². The van der Waals surface area contributed by atoms with Gasteiger partial charge in [-0.3, -0.25) is 4.79 Å². The summed E-state index contributed by atoms with van der Waals surface area (Å²) < 4.78 is 7.85. The van der Waals surface area contributed by atoms with E-state index in [1.807, 2.05) is 31.2 Å². The largest absolute Gasteiger partial charge is 0.494 e. The summed E-state index contributed by atoms with van der Waals surface area (Å²) in [5.74, 6) is 0.968. The lowest BCUT2D eigenvalue weighted by Gasteiger charge is -2.10. The lowest BCUT2D eigenvalue weighted by atomic mass is 10.1. The highest BCUT2D eigenvalue weighted by Gasteiger charge is 2.06. The molecule has 3 aromatic rings. The Kier molecular flexibility index (Phi) is 6.31. The summed E-state index contributed by atoms with van der Waals surface area (Å²) in [5.41, 5.74) is 2.33. The Bertz CT molecular complexity index is 854. The number of benzene rings is 2. The van der Waals surface area contributed by atoms with Crippen LogP contribution in [0.1, 0.15) is 25.3 Å². The van der Waals surface area contributed by atoms with Crippen molar-refractivity contribution in [3.8, 4) is 5.75 Å². The molecule has 0 unspecified atom stereocenters. The van der Waals surface area contributed by atoms with Gasteiger partial charge in [-0.05, 0) is 48.9 Å². The molecule has 0 radical (unpaired) electrons. The molecular weight excluding hydrogens is 324 g/mol. The number of nitrogens with one attached hydrogen (secondary N) is 1. The smallest absolute Gasteiger partial charge is 0.220 e. The Hall–Kier alpha value is -2.75. The second kappa shape index (κ2) is 9.09. The highest BCUT2D eigenvalue weighted by atomic mass is 16.5. The third-order valence-electron chi connectivity index (χ3n) is 4.47. The van der Waals surface area contributed by atoms with Gasteiger partial charge in [0.1, 0.15) is 5.75 Å². The predicted molar refractivity (Wildman–Crippen MR) is 105 cm³/mol. The van der Waals surface area contributed by atoms with E-state index in [9.17, 15) is 4.79 Å². The maximum Gasteiger partial charge on any atom is 0.220 e. The minimum Gasteiger partial charge on any atom is -0.494 e. The summed E-state index contributed by atoms with van der Waals surface area (Å²) in [4.78, 5) is 12.1. The predicted octanol–water partition coefficient (Wildman–Crippen LogP) is 4.18. The van der Waals surface area contributed by atoms with E-state index in [2.05, 4.69) is 46.4 Å². The number of amides is 1. The minimum atomic E-state index is 0.0914. The van der Waals surface area contributed by atoms with Gasteiger partial charge >= 0.3 is 0 Å². The molecule has 1 amide bonds. The summed E-state index contributed by atoms with van der Waals surface area (Å²) in [6.07, 6.45) is 4.21. The number of rotatable bonds is 9. The van der Waals surface area contributed by atoms with E-state index >= 15 is 0 Å². The number of hydrogen-bond donors (Lipinski definition) is 1. The van der Waals surface area contributed by atoms with Crippen LogP contribution in [0, 0.1) is 0 Å². The summed E-state index contributed by atoms with van der Waals surface area (Å²) >= 11 is 0. The van der Waals surface area contributed by atoms with Crippen molar-refractivity contribution in [1.29, 1.82) is 0 Å². The van der Waals surface area contributed by atoms with E-state index in [1.165, 1.54) is 10.9 Å². The van der Waals surface area contributed by atoms with Crippen LogP contribution in [0.25, 0.3) is 10.9 Å². The van der Waals surface area contributed by atoms with Crippen LogP contribution in [0.5, 0.6) is 5.75 Å². The fourth-order valence-corrected chi connectivity index (χ4v) is 3.16. The van der Waals surface area contributed by atoms with E-state index in [-0.39, 0.29) is 5.91 Å². The number of aromatic nitrogens is 1. The number of nitrogens with zero attached hydrogens (tertiary/aromatic N) is 1. The standard InChI is InChI=1S/C22H26N2O2/c1-2-26-21-11-6-4-9-19(21)12-13-22(25)23-15-7-16-24-17-14-18-8-3-5-10-20(18)24/h3-6,8-11,14,17H,2,7,12-13,15-16H2,1H3,(H,23,25). The number of hydrogen-bond acceptors (Lipinski definition) is 2. The van der Waals surface area contributed by atoms with Crippen LogP contribution in [0.4, 0.5) is 0 Å². The van der Waals surface area contributed by atoms with Crippen LogP contribution in [-0.4, -0.2) is 23.6 Å². The molecule has 0 atom stereocenters. The molecule has 0 saturated heterocycles. The van der Waals surface area contributed by atoms with Crippen molar-refractivity contribution in [3.05, 3.63) is 66.4 Å². The van der Waals surface area contributed by atoms with Crippen molar-refractivity contribution < 1.29 is 9.53 Å². The molecular formula is C22H26N2O2. The zero-order valence-electron chi connectivity index (χ0n) is 15.3. The van der Waals surface area contributed by atoms with Gasteiger partial charge in [0.2, 0.25) is 5.91 Å². The number of carbonyl (C=O) groups is 1. The molecule has 0 fully saturated rings. The first kappa shape index (κ1) is 18.1. The third-order valence-corrected chi connectivity index (χ3v) is 4.47. The molecule has 0 bridgehead atoms. The van der Waals surface area contributed by atoms with Gasteiger partial charge in [0, 0.05) is 31.2 Å². The molecule has 136 valence electrons. The zero-order valence-corrected chi connectivity index (χ0v) is 15.3. The second-order valence-electron chi connectivity index (χ2n) is 6.31. The van der Waals surface area contributed by atoms with E-state index in [4.69, 9.17) is 4.74 Å². The molecule has 1 heterocycles. The van der Waals surface area contributed by atoms with E-state index in [1.54, 1.807) is 0 Å². The van der Waals surface area contributed by atoms with Gasteiger partial charge in [-0.2, -0.15) is 0 Å². The van der Waals surface area contributed by atoms with Crippen molar-refractivity contribution in [3.63, 3.8) is 0 Å². The van der Waals surface area contributed by atoms with Crippen LogP contribution < -0.4 is 10.1 Å². The van der Waals surface area contributed by atoms with Gasteiger partial charge in [-0.25, -0.2) is 0 Å². The molecule has 2 aromatic carbocycles. The zero-order chi connectivity index (χ0) is 18.2. The summed E-state index contributed by atoms with van der Waals surface area (Å²) in [6.45, 7) is 4.20. The first-order valence-corrected chi connectivity index (χ1v) is 9.29. The maximum atomic E-state index is 12.1. The molecule has 3 rings (SSSR count). The molecule has 1 aromatic heterocycles. The molecule has 26 heavy (non-hydrogen) atoms. The monoisotopic (exact) mass is 350 g/mol. The second-order valence-corrected chi connectivity index (χ2v) is 6.31. The normalized spacial score (nSPS) is 10.8. The van der Waals surface area contributed by atoms with Crippen LogP contribution in [0.15, 0.2) is 60.8 Å². The van der Waals surface area contributed by atoms with Crippen LogP contribution in [0.2, 0.25) is 0 Å². The Morgan fingerprint density at radius 2 is 1.88 bits per heavy atom. The van der Waals surface area contributed by atoms with E-state index < -0.39 is 0 Å². The number of fused-ring (bicyclic) bond motifs is 1. The molecule has 4 heteroatoms. The van der Waals surface area contributed by atoms with E-state index in [0.717, 1.165) is 24.3 Å². The molecule has 0 aliphatic carbocycles. The molecule has 0 spiro atoms. The van der Waals surface area contributed by atoms with Gasteiger partial charge in [-0.1, -0.05) is 36.4 Å². The third kappa shape index (κ3) is 4.66. The quantitative estimate of drug-likeness (QED) is 0.588. The summed E-state index contributed by atoms with van der Waals surface area (Å²) in [6, 6.07) is 18.4. The summed E-state index contributed by atoms with van der Waals surface area (Å²) in [7, 11) is 0. The average molecular weight is 350 g/mol. The van der Waals surface area contributed by atoms with Crippen molar-refractivity contribution in [2.45, 2.75) is 32.7 Å². The maximum absolute atomic E-state index is 12.1. The van der Waals surface area contributed by atoms with Crippen molar-refractivity contribution in [2.75, 3.05) is 13.2 Å². The lowest BCUT2D eigenvalue weighted by molar-refractivity contribution is -0.121. The first-order chi connectivity index (χ1) is 12.8. The number of carbonyl (C=O) groups excluding carboxylic acids is 1. The number of ether oxygens (including phenoxy) is 1. The molecule has 0 aliphatic heterocycles. The Labute approximate surface area is 154 Å². The Balaban J connectivity index is 1.41. The van der Waals surface area contributed by atoms with Crippen molar-refractivity contribution >= 4 is 16.8 Å². The topological polar surface area (TPSA) is 43.3 Å². The van der Waals surface area contributed by atoms with Crippen LogP contribution in [0.3, 0.4) is 0 Å². The Morgan fingerprint density at radius 1 is 1.08 bits per heavy atom. The van der Waals surface area contributed by atoms with Crippen molar-refractivity contribution in [1.82, 2.24) is 9.88 Å². The van der Waals surface area contributed by atoms with Crippen LogP contribution >= 0.6 is 0 Å². The molecule has 0 saturated carbocycles. The van der Waals surface area contributed by atoms with Gasteiger partial charge in [0.05, 0.1) is 6.61 Å². The van der Waals surface area contributed by atoms with Crippen molar-refractivity contribution in [2.24, 2.45) is 0 Å². The average Bonchev–Trinajstić information content (AvgIpc) is 3.08.